The maximum Gasteiger partial charge on any atom is 0.357 e. The Morgan fingerprint density at radius 2 is 2.31 bits per heavy atom. The molecular formula is C8H7BN2O2. The summed E-state index contributed by atoms with van der Waals surface area (Å²) in [7, 11) is 1.91. The van der Waals surface area contributed by atoms with Gasteiger partial charge in [-0.05, 0) is 6.07 Å². The van der Waals surface area contributed by atoms with Gasteiger partial charge in [-0.1, -0.05) is 17.6 Å². The van der Waals surface area contributed by atoms with Gasteiger partial charge in [0.2, 0.25) is 0 Å². The second kappa shape index (κ2) is 2.62. The monoisotopic (exact) mass is 174 g/mol. The van der Waals surface area contributed by atoms with Crippen molar-refractivity contribution in [1.82, 2.24) is 10.2 Å². The van der Waals surface area contributed by atoms with E-state index >= 15 is 0 Å². The lowest BCUT2D eigenvalue weighted by molar-refractivity contribution is 0.0692. The van der Waals surface area contributed by atoms with E-state index in [0.29, 0.717) is 5.39 Å². The van der Waals surface area contributed by atoms with Crippen molar-refractivity contribution in [2.45, 2.75) is 0 Å². The minimum Gasteiger partial charge on any atom is -0.476 e. The van der Waals surface area contributed by atoms with Crippen molar-refractivity contribution in [3.63, 3.8) is 0 Å². The number of aromatic nitrogens is 2. The van der Waals surface area contributed by atoms with Crippen LogP contribution in [0.25, 0.3) is 10.9 Å². The van der Waals surface area contributed by atoms with Crippen LogP contribution in [-0.2, 0) is 0 Å². The summed E-state index contributed by atoms with van der Waals surface area (Å²) in [6.07, 6.45) is 0. The predicted octanol–water partition coefficient (Wildman–Crippen LogP) is -0.481. The lowest BCUT2D eigenvalue weighted by Crippen LogP contribution is -2.02. The third-order valence-corrected chi connectivity index (χ3v) is 1.92. The van der Waals surface area contributed by atoms with Crippen molar-refractivity contribution in [2.24, 2.45) is 0 Å². The van der Waals surface area contributed by atoms with Gasteiger partial charge < -0.3 is 5.11 Å². The number of nitrogens with one attached hydrogen (secondary N) is 1. The number of benzene rings is 1. The first-order valence-electron chi connectivity index (χ1n) is 3.86. The summed E-state index contributed by atoms with van der Waals surface area (Å²) in [5.41, 5.74) is 1.86. The van der Waals surface area contributed by atoms with E-state index < -0.39 is 5.97 Å². The summed E-state index contributed by atoms with van der Waals surface area (Å²) in [4.78, 5) is 10.7. The lowest BCUT2D eigenvalue weighted by atomic mass is 9.95. The molecular weight excluding hydrogens is 167 g/mol. The van der Waals surface area contributed by atoms with Gasteiger partial charge in [0, 0.05) is 5.39 Å². The Balaban J connectivity index is 2.79. The number of carbonyl (C=O) groups is 1. The third-order valence-electron chi connectivity index (χ3n) is 1.92. The van der Waals surface area contributed by atoms with E-state index in [1.165, 1.54) is 0 Å². The Labute approximate surface area is 75.0 Å². The molecule has 5 heteroatoms. The van der Waals surface area contributed by atoms with Crippen LogP contribution in [0.1, 0.15) is 10.5 Å². The van der Waals surface area contributed by atoms with E-state index in [1.54, 1.807) is 0 Å². The largest absolute Gasteiger partial charge is 0.476 e. The van der Waals surface area contributed by atoms with Gasteiger partial charge in [-0.2, -0.15) is 5.10 Å². The van der Waals surface area contributed by atoms with Crippen molar-refractivity contribution in [2.75, 3.05) is 0 Å². The van der Waals surface area contributed by atoms with Crippen molar-refractivity contribution >= 4 is 30.2 Å². The summed E-state index contributed by atoms with van der Waals surface area (Å²) in [6.45, 7) is 0. The van der Waals surface area contributed by atoms with Crippen LogP contribution in [-0.4, -0.2) is 29.1 Å². The zero-order valence-corrected chi connectivity index (χ0v) is 7.03. The first-order chi connectivity index (χ1) is 6.18. The molecule has 1 aromatic heterocycles. The predicted molar refractivity (Wildman–Crippen MR) is 51.2 cm³/mol. The van der Waals surface area contributed by atoms with E-state index in [1.807, 2.05) is 26.0 Å². The smallest absolute Gasteiger partial charge is 0.357 e. The number of aromatic carboxylic acids is 1. The van der Waals surface area contributed by atoms with Crippen LogP contribution in [0.5, 0.6) is 0 Å². The molecule has 0 saturated heterocycles. The SMILES string of the molecule is Bc1ccc2[nH]nc(C(=O)O)c2c1. The molecule has 0 aliphatic heterocycles. The Bertz CT molecular complexity index is 478. The van der Waals surface area contributed by atoms with E-state index in [9.17, 15) is 4.79 Å². The maximum atomic E-state index is 10.7. The molecule has 1 aromatic carbocycles. The number of nitrogens with zero attached hydrogens (tertiary/aromatic N) is 1. The quantitative estimate of drug-likeness (QED) is 0.573. The minimum atomic E-state index is -1.00. The molecule has 0 aliphatic rings. The van der Waals surface area contributed by atoms with E-state index in [2.05, 4.69) is 10.2 Å². The van der Waals surface area contributed by atoms with Gasteiger partial charge in [0.1, 0.15) is 7.85 Å². The first-order valence-corrected chi connectivity index (χ1v) is 3.86. The molecule has 2 aromatic rings. The number of H-pyrrole nitrogens is 1. The molecule has 0 bridgehead atoms. The van der Waals surface area contributed by atoms with Gasteiger partial charge in [0.25, 0.3) is 0 Å². The molecule has 1 heterocycles. The molecule has 0 saturated carbocycles. The third kappa shape index (κ3) is 1.18. The summed E-state index contributed by atoms with van der Waals surface area (Å²) >= 11 is 0. The van der Waals surface area contributed by atoms with Gasteiger partial charge in [-0.25, -0.2) is 4.79 Å². The van der Waals surface area contributed by atoms with Gasteiger partial charge in [0.05, 0.1) is 5.52 Å². The average molecular weight is 174 g/mol. The molecule has 0 radical (unpaired) electrons. The van der Waals surface area contributed by atoms with Crippen LogP contribution in [0.15, 0.2) is 18.2 Å². The summed E-state index contributed by atoms with van der Waals surface area (Å²) < 4.78 is 0. The van der Waals surface area contributed by atoms with Crippen molar-refractivity contribution in [3.8, 4) is 0 Å². The number of carboxylic acid groups (broad SMARTS) is 1. The van der Waals surface area contributed by atoms with Crippen molar-refractivity contribution in [3.05, 3.63) is 23.9 Å². The molecule has 2 N–H and O–H groups in total. The van der Waals surface area contributed by atoms with Gasteiger partial charge >= 0.3 is 5.97 Å². The molecule has 0 aliphatic carbocycles. The molecule has 0 unspecified atom stereocenters. The van der Waals surface area contributed by atoms with Crippen LogP contribution in [0.2, 0.25) is 0 Å². The standard InChI is InChI=1S/C8H7BN2O2/c9-4-1-2-6-5(3-4)7(8(12)13)11-10-6/h1-3H,9H2,(H,10,11)(H,12,13). The first kappa shape index (κ1) is 7.85. The highest BCUT2D eigenvalue weighted by Crippen LogP contribution is 2.13. The molecule has 2 rings (SSSR count). The van der Waals surface area contributed by atoms with Crippen molar-refractivity contribution < 1.29 is 9.90 Å². The van der Waals surface area contributed by atoms with Crippen LogP contribution in [0.4, 0.5) is 0 Å². The highest BCUT2D eigenvalue weighted by Gasteiger charge is 2.11. The van der Waals surface area contributed by atoms with Crippen LogP contribution in [0.3, 0.4) is 0 Å². The van der Waals surface area contributed by atoms with E-state index in [-0.39, 0.29) is 5.69 Å². The minimum absolute atomic E-state index is 0.0821. The number of hydrogen-bond donors (Lipinski definition) is 2. The highest BCUT2D eigenvalue weighted by atomic mass is 16.4. The summed E-state index contributed by atoms with van der Waals surface area (Å²) in [6, 6.07) is 5.54. The summed E-state index contributed by atoms with van der Waals surface area (Å²) in [5, 5.41) is 15.8. The second-order valence-electron chi connectivity index (χ2n) is 2.93. The fourth-order valence-electron chi connectivity index (χ4n) is 1.29. The van der Waals surface area contributed by atoms with Crippen LogP contribution >= 0.6 is 0 Å². The number of carboxylic acids is 1. The molecule has 0 fully saturated rings. The van der Waals surface area contributed by atoms with Gasteiger partial charge in [0.15, 0.2) is 5.69 Å². The average Bonchev–Trinajstić information content (AvgIpc) is 2.46. The maximum absolute atomic E-state index is 10.7. The molecule has 4 nitrogen and oxygen atoms in total. The normalized spacial score (nSPS) is 10.5. The fourth-order valence-corrected chi connectivity index (χ4v) is 1.29. The Morgan fingerprint density at radius 3 is 3.00 bits per heavy atom. The van der Waals surface area contributed by atoms with E-state index in [0.717, 1.165) is 11.0 Å². The fraction of sp³-hybridized carbons (Fsp3) is 0. The molecule has 64 valence electrons. The zero-order chi connectivity index (χ0) is 9.42. The highest BCUT2D eigenvalue weighted by molar-refractivity contribution is 6.33. The second-order valence-corrected chi connectivity index (χ2v) is 2.93. The van der Waals surface area contributed by atoms with Crippen LogP contribution < -0.4 is 5.46 Å². The molecule has 13 heavy (non-hydrogen) atoms. The Kier molecular flexibility index (Phi) is 1.58. The zero-order valence-electron chi connectivity index (χ0n) is 7.03. The number of aromatic amines is 1. The Morgan fingerprint density at radius 1 is 1.54 bits per heavy atom. The lowest BCUT2D eigenvalue weighted by Gasteiger charge is -1.92. The van der Waals surface area contributed by atoms with E-state index in [4.69, 9.17) is 5.11 Å². The number of rotatable bonds is 1. The van der Waals surface area contributed by atoms with Gasteiger partial charge in [-0.3, -0.25) is 5.10 Å². The van der Waals surface area contributed by atoms with Crippen LogP contribution in [0, 0.1) is 0 Å². The molecule has 0 atom stereocenters. The number of fused-ring (bicyclic) bond motifs is 1. The van der Waals surface area contributed by atoms with Gasteiger partial charge in [-0.15, -0.1) is 0 Å². The van der Waals surface area contributed by atoms with Crippen molar-refractivity contribution in [1.29, 1.82) is 0 Å². The molecule has 0 spiro atoms. The summed E-state index contributed by atoms with van der Waals surface area (Å²) in [5.74, 6) is -1.00. The topological polar surface area (TPSA) is 66.0 Å². The number of hydrogen-bond acceptors (Lipinski definition) is 2. The Hall–Kier alpha value is -1.78. The molecule has 0 amide bonds.